The number of aryl methyl sites for hydroxylation is 1. The molecule has 6 rings (SSSR count). The zero-order valence-electron chi connectivity index (χ0n) is 15.6. The maximum Gasteiger partial charge on any atom is 0.0955 e. The second-order valence-electron chi connectivity index (χ2n) is 7.41. The second-order valence-corrected chi connectivity index (χ2v) is 7.41. The largest absolute Gasteiger partial charge is 0.333 e. The molecular formula is C26H18N2. The fourth-order valence-electron chi connectivity index (χ4n) is 4.44. The quantitative estimate of drug-likeness (QED) is 0.299. The van der Waals surface area contributed by atoms with Gasteiger partial charge in [-0.05, 0) is 50.0 Å². The molecule has 0 aliphatic heterocycles. The van der Waals surface area contributed by atoms with Crippen LogP contribution in [0.1, 0.15) is 0 Å². The van der Waals surface area contributed by atoms with Crippen LogP contribution in [-0.4, -0.2) is 9.55 Å². The Kier molecular flexibility index (Phi) is 3.12. The number of hydrogen-bond donors (Lipinski definition) is 0. The number of aromatic nitrogens is 2. The number of hydrogen-bond acceptors (Lipinski definition) is 1. The number of rotatable bonds is 1. The average molecular weight is 358 g/mol. The Hall–Kier alpha value is -3.65. The number of para-hydroxylation sites is 1. The molecule has 6 aromatic rings. The van der Waals surface area contributed by atoms with Crippen molar-refractivity contribution in [1.29, 1.82) is 0 Å². The van der Waals surface area contributed by atoms with Gasteiger partial charge >= 0.3 is 0 Å². The number of fused-ring (bicyclic) bond motifs is 6. The summed E-state index contributed by atoms with van der Waals surface area (Å²) in [6.45, 7) is 0. The van der Waals surface area contributed by atoms with Crippen LogP contribution in [0.15, 0.2) is 91.3 Å². The minimum atomic E-state index is 1.03. The maximum absolute atomic E-state index is 4.50. The van der Waals surface area contributed by atoms with Gasteiger partial charge in [-0.25, -0.2) is 4.98 Å². The van der Waals surface area contributed by atoms with Gasteiger partial charge in [-0.2, -0.15) is 0 Å². The van der Waals surface area contributed by atoms with Gasteiger partial charge in [-0.1, -0.05) is 72.8 Å². The lowest BCUT2D eigenvalue weighted by Gasteiger charge is -2.10. The second kappa shape index (κ2) is 5.67. The minimum absolute atomic E-state index is 1.03. The normalized spacial score (nSPS) is 11.8. The third-order valence-corrected chi connectivity index (χ3v) is 5.79. The van der Waals surface area contributed by atoms with E-state index in [1.165, 1.54) is 49.0 Å². The summed E-state index contributed by atoms with van der Waals surface area (Å²) in [6.07, 6.45) is 1.88. The Bertz CT molecular complexity index is 1520. The van der Waals surface area contributed by atoms with E-state index in [1.54, 1.807) is 0 Å². The van der Waals surface area contributed by atoms with Gasteiger partial charge < -0.3 is 4.57 Å². The highest BCUT2D eigenvalue weighted by Crippen LogP contribution is 2.35. The zero-order valence-corrected chi connectivity index (χ0v) is 15.6. The third-order valence-electron chi connectivity index (χ3n) is 5.79. The topological polar surface area (TPSA) is 17.8 Å². The Labute approximate surface area is 162 Å². The fraction of sp³-hybridized carbons (Fsp3) is 0.0385. The lowest BCUT2D eigenvalue weighted by molar-refractivity contribution is 0.948. The van der Waals surface area contributed by atoms with Crippen LogP contribution in [-0.2, 0) is 7.05 Å². The molecule has 0 fully saturated rings. The minimum Gasteiger partial charge on any atom is -0.333 e. The molecule has 0 aliphatic rings. The van der Waals surface area contributed by atoms with Crippen LogP contribution in [0.4, 0.5) is 0 Å². The molecule has 5 aromatic carbocycles. The van der Waals surface area contributed by atoms with Gasteiger partial charge in [0, 0.05) is 12.6 Å². The molecule has 2 nitrogen and oxygen atoms in total. The molecule has 0 N–H and O–H groups in total. The first-order chi connectivity index (χ1) is 13.8. The van der Waals surface area contributed by atoms with E-state index in [-0.39, 0.29) is 0 Å². The van der Waals surface area contributed by atoms with Crippen LogP contribution in [0.5, 0.6) is 0 Å². The van der Waals surface area contributed by atoms with E-state index in [0.29, 0.717) is 0 Å². The first-order valence-electron chi connectivity index (χ1n) is 9.54. The van der Waals surface area contributed by atoms with Gasteiger partial charge in [0.25, 0.3) is 0 Å². The van der Waals surface area contributed by atoms with Gasteiger partial charge in [0.15, 0.2) is 0 Å². The first kappa shape index (κ1) is 15.4. The highest BCUT2D eigenvalue weighted by molar-refractivity contribution is 6.17. The van der Waals surface area contributed by atoms with E-state index >= 15 is 0 Å². The molecular weight excluding hydrogens is 340 g/mol. The molecule has 0 spiro atoms. The van der Waals surface area contributed by atoms with Gasteiger partial charge in [0.2, 0.25) is 0 Å². The van der Waals surface area contributed by atoms with Crippen molar-refractivity contribution in [1.82, 2.24) is 9.55 Å². The highest BCUT2D eigenvalue weighted by atomic mass is 15.0. The molecule has 28 heavy (non-hydrogen) atoms. The molecule has 0 atom stereocenters. The predicted octanol–water partition coefficient (Wildman–Crippen LogP) is 6.70. The summed E-state index contributed by atoms with van der Waals surface area (Å²) in [4.78, 5) is 4.50. The van der Waals surface area contributed by atoms with Gasteiger partial charge in [0.1, 0.15) is 0 Å². The molecule has 0 radical (unpaired) electrons. The standard InChI is InChI=1S/C26H18N2/c1-28-16-27-25-8-4-7-22(26(25)28)19-10-12-21-18(15-19)11-14-23-20-6-3-2-5-17(20)9-13-24(21)23/h2-16H,1H3. The van der Waals surface area contributed by atoms with Crippen LogP contribution >= 0.6 is 0 Å². The monoisotopic (exact) mass is 358 g/mol. The van der Waals surface area contributed by atoms with Crippen molar-refractivity contribution in [2.45, 2.75) is 0 Å². The van der Waals surface area contributed by atoms with Gasteiger partial charge in [-0.15, -0.1) is 0 Å². The summed E-state index contributed by atoms with van der Waals surface area (Å²) in [5.41, 5.74) is 4.65. The smallest absolute Gasteiger partial charge is 0.0955 e. The van der Waals surface area contributed by atoms with Gasteiger partial charge in [0.05, 0.1) is 17.4 Å². The van der Waals surface area contributed by atoms with Crippen LogP contribution < -0.4 is 0 Å². The summed E-state index contributed by atoms with van der Waals surface area (Å²) < 4.78 is 2.10. The Morgan fingerprint density at radius 1 is 0.643 bits per heavy atom. The van der Waals surface area contributed by atoms with E-state index in [4.69, 9.17) is 0 Å². The highest BCUT2D eigenvalue weighted by Gasteiger charge is 2.10. The van der Waals surface area contributed by atoms with Crippen molar-refractivity contribution < 1.29 is 0 Å². The Morgan fingerprint density at radius 2 is 1.39 bits per heavy atom. The van der Waals surface area contributed by atoms with E-state index in [1.807, 2.05) is 6.33 Å². The van der Waals surface area contributed by atoms with Crippen LogP contribution in [0.25, 0.3) is 54.5 Å². The lowest BCUT2D eigenvalue weighted by Crippen LogP contribution is -1.89. The summed E-state index contributed by atoms with van der Waals surface area (Å²) in [6, 6.07) is 30.7. The van der Waals surface area contributed by atoms with Crippen LogP contribution in [0.3, 0.4) is 0 Å². The number of benzene rings is 5. The summed E-state index contributed by atoms with van der Waals surface area (Å²) in [5.74, 6) is 0. The number of imidazole rings is 1. The van der Waals surface area contributed by atoms with Crippen molar-refractivity contribution in [2.24, 2.45) is 7.05 Å². The maximum atomic E-state index is 4.50. The molecule has 0 aliphatic carbocycles. The van der Waals surface area contributed by atoms with Crippen molar-refractivity contribution in [2.75, 3.05) is 0 Å². The summed E-state index contributed by atoms with van der Waals surface area (Å²) in [7, 11) is 2.05. The molecule has 132 valence electrons. The van der Waals surface area contributed by atoms with Crippen LogP contribution in [0, 0.1) is 0 Å². The molecule has 0 saturated carbocycles. The lowest BCUT2D eigenvalue weighted by atomic mass is 9.94. The van der Waals surface area contributed by atoms with E-state index in [9.17, 15) is 0 Å². The molecule has 0 bridgehead atoms. The summed E-state index contributed by atoms with van der Waals surface area (Å²) >= 11 is 0. The molecule has 2 heteroatoms. The van der Waals surface area contributed by atoms with Crippen molar-refractivity contribution >= 4 is 43.4 Å². The molecule has 0 amide bonds. The third kappa shape index (κ3) is 2.12. The molecule has 1 heterocycles. The molecule has 0 saturated heterocycles. The summed E-state index contributed by atoms with van der Waals surface area (Å²) in [5, 5.41) is 7.77. The molecule has 0 unspecified atom stereocenters. The predicted molar refractivity (Wildman–Crippen MR) is 119 cm³/mol. The Balaban J connectivity index is 1.64. The van der Waals surface area contributed by atoms with E-state index in [0.717, 1.165) is 5.52 Å². The van der Waals surface area contributed by atoms with Crippen molar-refractivity contribution in [3.8, 4) is 11.1 Å². The fourth-order valence-corrected chi connectivity index (χ4v) is 4.44. The van der Waals surface area contributed by atoms with Crippen LogP contribution in [0.2, 0.25) is 0 Å². The van der Waals surface area contributed by atoms with E-state index in [2.05, 4.69) is 102 Å². The van der Waals surface area contributed by atoms with Crippen molar-refractivity contribution in [3.05, 3.63) is 91.3 Å². The number of nitrogens with zero attached hydrogens (tertiary/aromatic N) is 2. The van der Waals surface area contributed by atoms with E-state index < -0.39 is 0 Å². The first-order valence-corrected chi connectivity index (χ1v) is 9.54. The average Bonchev–Trinajstić information content (AvgIpc) is 3.14. The molecule has 1 aromatic heterocycles. The zero-order chi connectivity index (χ0) is 18.7. The Morgan fingerprint density at radius 3 is 2.29 bits per heavy atom. The SMILES string of the molecule is Cn1cnc2cccc(-c3ccc4c(ccc5c6ccccc6ccc45)c3)c21. The van der Waals surface area contributed by atoms with Crippen molar-refractivity contribution in [3.63, 3.8) is 0 Å². The van der Waals surface area contributed by atoms with Gasteiger partial charge in [-0.3, -0.25) is 0 Å².